The van der Waals surface area contributed by atoms with Crippen LogP contribution in [0, 0.1) is 0 Å². The highest BCUT2D eigenvalue weighted by molar-refractivity contribution is 7.14. The summed E-state index contributed by atoms with van der Waals surface area (Å²) >= 11 is 7.61. The number of hydrogen-bond donors (Lipinski definition) is 0. The molecule has 0 spiro atoms. The molecule has 0 radical (unpaired) electrons. The number of carbonyl (C=O) groups excluding carboxylic acids is 1. The molecule has 0 N–H and O–H groups in total. The first-order valence-corrected chi connectivity index (χ1v) is 7.84. The van der Waals surface area contributed by atoms with Crippen molar-refractivity contribution in [1.82, 2.24) is 4.90 Å². The summed E-state index contributed by atoms with van der Waals surface area (Å²) in [6, 6.07) is 2.10. The fourth-order valence-electron chi connectivity index (χ4n) is 2.42. The van der Waals surface area contributed by atoms with Crippen molar-refractivity contribution >= 4 is 28.8 Å². The third-order valence-corrected chi connectivity index (χ3v) is 4.69. The molecule has 0 fully saturated rings. The first-order valence-electron chi connectivity index (χ1n) is 6.59. The number of alkyl halides is 1. The molecule has 100 valence electrons. The largest absolute Gasteiger partial charge is 0.340 e. The summed E-state index contributed by atoms with van der Waals surface area (Å²) in [5.74, 6) is 0.112. The molecule has 1 heterocycles. The average Bonchev–Trinajstić information content (AvgIpc) is 2.59. The van der Waals surface area contributed by atoms with Gasteiger partial charge < -0.3 is 4.90 Å². The Morgan fingerprint density at radius 3 is 2.89 bits per heavy atom. The van der Waals surface area contributed by atoms with Crippen LogP contribution < -0.4 is 0 Å². The van der Waals surface area contributed by atoms with Gasteiger partial charge >= 0.3 is 0 Å². The first kappa shape index (κ1) is 13.9. The Labute approximate surface area is 118 Å². The number of nitrogens with zero attached hydrogens (tertiary/aromatic N) is 1. The Balaban J connectivity index is 2.11. The zero-order valence-electron chi connectivity index (χ0n) is 11.0. The van der Waals surface area contributed by atoms with E-state index >= 15 is 0 Å². The monoisotopic (exact) mass is 285 g/mol. The molecule has 2 nitrogen and oxygen atoms in total. The number of fused-ring (bicyclic) bond motifs is 1. The van der Waals surface area contributed by atoms with Crippen LogP contribution in [0.25, 0.3) is 0 Å². The minimum Gasteiger partial charge on any atom is -0.340 e. The smallest absolute Gasteiger partial charge is 0.263 e. The second-order valence-electron chi connectivity index (χ2n) is 5.09. The average molecular weight is 286 g/mol. The van der Waals surface area contributed by atoms with Crippen molar-refractivity contribution in [2.75, 3.05) is 13.6 Å². The molecule has 0 aliphatic heterocycles. The van der Waals surface area contributed by atoms with Gasteiger partial charge in [0.25, 0.3) is 5.91 Å². The van der Waals surface area contributed by atoms with E-state index in [1.807, 2.05) is 14.0 Å². The van der Waals surface area contributed by atoms with Crippen LogP contribution in [0.5, 0.6) is 0 Å². The van der Waals surface area contributed by atoms with Crippen LogP contribution in [0.4, 0.5) is 0 Å². The van der Waals surface area contributed by atoms with Gasteiger partial charge in [0, 0.05) is 23.8 Å². The molecule has 0 saturated carbocycles. The third-order valence-electron chi connectivity index (χ3n) is 3.33. The van der Waals surface area contributed by atoms with Gasteiger partial charge in [0.05, 0.1) is 4.88 Å². The lowest BCUT2D eigenvalue weighted by Crippen LogP contribution is -2.30. The van der Waals surface area contributed by atoms with Crippen LogP contribution in [0.2, 0.25) is 0 Å². The normalized spacial score (nSPS) is 16.8. The standard InChI is InChI=1S/C14H20ClNOS/c1-10(15)9-16(2)14(17)13-8-11-6-4-3-5-7-12(11)18-13/h8,10H,3-7,9H2,1-2H3. The van der Waals surface area contributed by atoms with E-state index in [1.54, 1.807) is 16.2 Å². The maximum atomic E-state index is 12.3. The predicted molar refractivity (Wildman–Crippen MR) is 77.9 cm³/mol. The maximum Gasteiger partial charge on any atom is 0.263 e. The molecule has 4 heteroatoms. The number of rotatable bonds is 3. The molecule has 0 aromatic carbocycles. The first-order chi connectivity index (χ1) is 8.58. The Hall–Kier alpha value is -0.540. The van der Waals surface area contributed by atoms with E-state index in [4.69, 9.17) is 11.6 Å². The molecule has 0 bridgehead atoms. The summed E-state index contributed by atoms with van der Waals surface area (Å²) in [5, 5.41) is -0.00302. The van der Waals surface area contributed by atoms with Crippen LogP contribution in [-0.4, -0.2) is 29.8 Å². The fraction of sp³-hybridized carbons (Fsp3) is 0.643. The number of aryl methyl sites for hydroxylation is 2. The second-order valence-corrected chi connectivity index (χ2v) is 6.97. The Morgan fingerprint density at radius 1 is 1.44 bits per heavy atom. The highest BCUT2D eigenvalue weighted by Crippen LogP contribution is 2.29. The van der Waals surface area contributed by atoms with E-state index in [1.165, 1.54) is 29.7 Å². The molecule has 18 heavy (non-hydrogen) atoms. The van der Waals surface area contributed by atoms with E-state index in [0.29, 0.717) is 6.54 Å². The van der Waals surface area contributed by atoms with Crippen molar-refractivity contribution in [3.8, 4) is 0 Å². The SMILES string of the molecule is CC(Cl)CN(C)C(=O)c1cc2c(s1)CCCCC2. The van der Waals surface area contributed by atoms with Gasteiger partial charge in [-0.3, -0.25) is 4.79 Å². The molecule has 1 aliphatic rings. The van der Waals surface area contributed by atoms with Crippen LogP contribution in [-0.2, 0) is 12.8 Å². The quantitative estimate of drug-likeness (QED) is 0.612. The Morgan fingerprint density at radius 2 is 2.17 bits per heavy atom. The van der Waals surface area contributed by atoms with Gasteiger partial charge in [-0.15, -0.1) is 22.9 Å². The third kappa shape index (κ3) is 3.27. The summed E-state index contributed by atoms with van der Waals surface area (Å²) < 4.78 is 0. The van der Waals surface area contributed by atoms with Gasteiger partial charge in [0.1, 0.15) is 0 Å². The van der Waals surface area contributed by atoms with E-state index in [-0.39, 0.29) is 11.3 Å². The molecule has 2 rings (SSSR count). The molecule has 1 unspecified atom stereocenters. The van der Waals surface area contributed by atoms with Gasteiger partial charge in [0.15, 0.2) is 0 Å². The van der Waals surface area contributed by atoms with Crippen LogP contribution in [0.3, 0.4) is 0 Å². The van der Waals surface area contributed by atoms with E-state index < -0.39 is 0 Å². The van der Waals surface area contributed by atoms with Crippen LogP contribution >= 0.6 is 22.9 Å². The zero-order valence-corrected chi connectivity index (χ0v) is 12.6. The van der Waals surface area contributed by atoms with Gasteiger partial charge in [-0.2, -0.15) is 0 Å². The highest BCUT2D eigenvalue weighted by atomic mass is 35.5. The minimum absolute atomic E-state index is 0.00302. The molecular formula is C14H20ClNOS. The summed E-state index contributed by atoms with van der Waals surface area (Å²) in [6.07, 6.45) is 6.10. The molecular weight excluding hydrogens is 266 g/mol. The summed E-state index contributed by atoms with van der Waals surface area (Å²) in [6.45, 7) is 2.51. The Bertz CT molecular complexity index is 404. The van der Waals surface area contributed by atoms with Gasteiger partial charge in [0.2, 0.25) is 0 Å². The molecule has 1 aromatic rings. The molecule has 1 aromatic heterocycles. The maximum absolute atomic E-state index is 12.3. The lowest BCUT2D eigenvalue weighted by molar-refractivity contribution is 0.0801. The van der Waals surface area contributed by atoms with E-state index in [2.05, 4.69) is 6.07 Å². The fourth-order valence-corrected chi connectivity index (χ4v) is 3.88. The van der Waals surface area contributed by atoms with Gasteiger partial charge in [-0.05, 0) is 44.2 Å². The zero-order chi connectivity index (χ0) is 13.1. The summed E-state index contributed by atoms with van der Waals surface area (Å²) in [4.78, 5) is 16.3. The molecule has 1 aliphatic carbocycles. The van der Waals surface area contributed by atoms with Crippen LogP contribution in [0.1, 0.15) is 46.3 Å². The summed E-state index contributed by atoms with van der Waals surface area (Å²) in [7, 11) is 1.83. The highest BCUT2D eigenvalue weighted by Gasteiger charge is 2.19. The second kappa shape index (κ2) is 6.07. The van der Waals surface area contributed by atoms with Crippen LogP contribution in [0.15, 0.2) is 6.07 Å². The summed E-state index contributed by atoms with van der Waals surface area (Å²) in [5.41, 5.74) is 1.40. The van der Waals surface area contributed by atoms with Crippen molar-refractivity contribution in [1.29, 1.82) is 0 Å². The molecule has 1 amide bonds. The van der Waals surface area contributed by atoms with Gasteiger partial charge in [-0.25, -0.2) is 0 Å². The minimum atomic E-state index is -0.00302. The predicted octanol–water partition coefficient (Wildman–Crippen LogP) is 3.72. The lowest BCUT2D eigenvalue weighted by Gasteiger charge is -2.17. The van der Waals surface area contributed by atoms with Crippen molar-refractivity contribution in [2.24, 2.45) is 0 Å². The van der Waals surface area contributed by atoms with Gasteiger partial charge in [-0.1, -0.05) is 6.42 Å². The van der Waals surface area contributed by atoms with Crippen molar-refractivity contribution in [3.63, 3.8) is 0 Å². The Kier molecular flexibility index (Phi) is 4.68. The number of halogens is 1. The van der Waals surface area contributed by atoms with Crippen molar-refractivity contribution in [2.45, 2.75) is 44.4 Å². The number of carbonyl (C=O) groups is 1. The van der Waals surface area contributed by atoms with Crippen molar-refractivity contribution < 1.29 is 4.79 Å². The topological polar surface area (TPSA) is 20.3 Å². The molecule has 0 saturated heterocycles. The molecule has 1 atom stereocenters. The lowest BCUT2D eigenvalue weighted by atomic mass is 10.1. The van der Waals surface area contributed by atoms with Crippen molar-refractivity contribution in [3.05, 3.63) is 21.4 Å². The van der Waals surface area contributed by atoms with E-state index in [9.17, 15) is 4.79 Å². The number of thiophene rings is 1. The number of hydrogen-bond acceptors (Lipinski definition) is 2. The van der Waals surface area contributed by atoms with E-state index in [0.717, 1.165) is 17.7 Å². The number of amides is 1.